The fourth-order valence-corrected chi connectivity index (χ4v) is 2.93. The maximum atomic E-state index is 5.47. The van der Waals surface area contributed by atoms with Gasteiger partial charge in [0.25, 0.3) is 0 Å². The third-order valence-electron chi connectivity index (χ3n) is 3.21. The van der Waals surface area contributed by atoms with Crippen LogP contribution in [0.1, 0.15) is 43.0 Å². The average molecular weight is 305 g/mol. The summed E-state index contributed by atoms with van der Waals surface area (Å²) in [6, 6.07) is 8.45. The van der Waals surface area contributed by atoms with Gasteiger partial charge in [-0.05, 0) is 38.4 Å². The quantitative estimate of drug-likeness (QED) is 0.565. The van der Waals surface area contributed by atoms with Crippen LogP contribution in [0.25, 0.3) is 0 Å². The Morgan fingerprint density at radius 2 is 2.05 bits per heavy atom. The summed E-state index contributed by atoms with van der Waals surface area (Å²) in [7, 11) is 0. The molecule has 1 aromatic heterocycles. The molecule has 114 valence electrons. The molecule has 0 aliphatic rings. The molecule has 21 heavy (non-hydrogen) atoms. The number of rotatable bonds is 9. The van der Waals surface area contributed by atoms with E-state index >= 15 is 0 Å². The number of aryl methyl sites for hydroxylation is 2. The molecule has 1 heterocycles. The second-order valence-corrected chi connectivity index (χ2v) is 6.21. The Kier molecular flexibility index (Phi) is 6.76. The highest BCUT2D eigenvalue weighted by Crippen LogP contribution is 2.22. The minimum Gasteiger partial charge on any atom is -0.339 e. The lowest BCUT2D eigenvalue weighted by atomic mass is 10.1. The summed E-state index contributed by atoms with van der Waals surface area (Å²) in [6.07, 6.45) is 5.41. The first-order valence-electron chi connectivity index (χ1n) is 7.49. The van der Waals surface area contributed by atoms with Gasteiger partial charge >= 0.3 is 0 Å². The van der Waals surface area contributed by atoms with E-state index in [4.69, 9.17) is 10.3 Å². The second kappa shape index (κ2) is 8.85. The molecule has 0 radical (unpaired) electrons. The van der Waals surface area contributed by atoms with Crippen LogP contribution in [0.3, 0.4) is 0 Å². The van der Waals surface area contributed by atoms with E-state index in [1.54, 1.807) is 11.8 Å². The number of benzene rings is 1. The second-order valence-electron chi connectivity index (χ2n) is 5.16. The van der Waals surface area contributed by atoms with E-state index < -0.39 is 0 Å². The molecule has 0 atom stereocenters. The highest BCUT2D eigenvalue weighted by molar-refractivity contribution is 7.98. The minimum atomic E-state index is 0.750. The summed E-state index contributed by atoms with van der Waals surface area (Å²) in [5.74, 6) is 2.28. The van der Waals surface area contributed by atoms with Gasteiger partial charge in [0.1, 0.15) is 0 Å². The molecule has 0 spiro atoms. The molecule has 0 saturated heterocycles. The van der Waals surface area contributed by atoms with Crippen molar-refractivity contribution in [1.29, 1.82) is 0 Å². The van der Waals surface area contributed by atoms with Crippen LogP contribution >= 0.6 is 11.8 Å². The van der Waals surface area contributed by atoms with E-state index in [0.29, 0.717) is 0 Å². The fraction of sp³-hybridized carbons (Fsp3) is 0.500. The Balaban J connectivity index is 1.72. The Bertz CT molecular complexity index is 542. The van der Waals surface area contributed by atoms with Gasteiger partial charge in [0, 0.05) is 11.3 Å². The number of nitrogens with two attached hydrogens (primary N) is 1. The van der Waals surface area contributed by atoms with Crippen molar-refractivity contribution in [3.05, 3.63) is 41.5 Å². The van der Waals surface area contributed by atoms with Gasteiger partial charge < -0.3 is 10.3 Å². The van der Waals surface area contributed by atoms with Crippen molar-refractivity contribution < 1.29 is 4.52 Å². The number of nitrogens with zero attached hydrogens (tertiary/aromatic N) is 2. The van der Waals surface area contributed by atoms with Crippen molar-refractivity contribution >= 4 is 11.8 Å². The lowest BCUT2D eigenvalue weighted by molar-refractivity contribution is 0.370. The third kappa shape index (κ3) is 5.89. The maximum Gasteiger partial charge on any atom is 0.226 e. The predicted molar refractivity (Wildman–Crippen MR) is 86.3 cm³/mol. The number of unbranched alkanes of at least 4 members (excludes halogenated alkanes) is 3. The van der Waals surface area contributed by atoms with Crippen LogP contribution < -0.4 is 5.73 Å². The molecule has 0 aliphatic carbocycles. The predicted octanol–water partition coefficient (Wildman–Crippen LogP) is 3.73. The Hall–Kier alpha value is -1.33. The first kappa shape index (κ1) is 16.0. The molecule has 2 N–H and O–H groups in total. The molecule has 0 saturated carbocycles. The van der Waals surface area contributed by atoms with Crippen LogP contribution in [0.4, 0.5) is 0 Å². The minimum absolute atomic E-state index is 0.750. The van der Waals surface area contributed by atoms with E-state index in [2.05, 4.69) is 41.3 Å². The zero-order chi connectivity index (χ0) is 14.9. The van der Waals surface area contributed by atoms with E-state index in [1.807, 2.05) is 0 Å². The lowest BCUT2D eigenvalue weighted by Crippen LogP contribution is -1.97. The van der Waals surface area contributed by atoms with Crippen molar-refractivity contribution in [1.82, 2.24) is 10.1 Å². The normalized spacial score (nSPS) is 11.0. The molecule has 2 aromatic rings. The number of aromatic nitrogens is 2. The summed E-state index contributed by atoms with van der Waals surface area (Å²) in [6.45, 7) is 2.88. The molecule has 2 rings (SSSR count). The van der Waals surface area contributed by atoms with Crippen LogP contribution in [0, 0.1) is 6.92 Å². The SMILES string of the molecule is Cc1cccc(SCc2noc(CCCCCCN)n2)c1. The molecule has 0 amide bonds. The molecule has 1 aromatic carbocycles. The van der Waals surface area contributed by atoms with Crippen LogP contribution in [-0.4, -0.2) is 16.7 Å². The monoisotopic (exact) mass is 305 g/mol. The van der Waals surface area contributed by atoms with Crippen molar-refractivity contribution in [3.63, 3.8) is 0 Å². The largest absolute Gasteiger partial charge is 0.339 e. The summed E-state index contributed by atoms with van der Waals surface area (Å²) < 4.78 is 5.28. The standard InChI is InChI=1S/C16H23N3OS/c1-13-7-6-8-14(11-13)21-12-15-18-16(20-19-15)9-4-2-3-5-10-17/h6-8,11H,2-5,9-10,12,17H2,1H3. The van der Waals surface area contributed by atoms with Crippen LogP contribution in [0.2, 0.25) is 0 Å². The van der Waals surface area contributed by atoms with Crippen LogP contribution in [-0.2, 0) is 12.2 Å². The van der Waals surface area contributed by atoms with Gasteiger partial charge in [-0.25, -0.2) is 0 Å². The summed E-state index contributed by atoms with van der Waals surface area (Å²) in [5, 5.41) is 4.04. The van der Waals surface area contributed by atoms with Gasteiger partial charge in [0.2, 0.25) is 5.89 Å². The molecular weight excluding hydrogens is 282 g/mol. The van der Waals surface area contributed by atoms with Gasteiger partial charge in [0.05, 0.1) is 5.75 Å². The third-order valence-corrected chi connectivity index (χ3v) is 4.20. The smallest absolute Gasteiger partial charge is 0.226 e. The fourth-order valence-electron chi connectivity index (χ4n) is 2.08. The van der Waals surface area contributed by atoms with Crippen molar-refractivity contribution in [2.75, 3.05) is 6.54 Å². The highest BCUT2D eigenvalue weighted by Gasteiger charge is 2.06. The van der Waals surface area contributed by atoms with Gasteiger partial charge in [-0.3, -0.25) is 0 Å². The number of hydrogen-bond acceptors (Lipinski definition) is 5. The average Bonchev–Trinajstić information content (AvgIpc) is 2.93. The highest BCUT2D eigenvalue weighted by atomic mass is 32.2. The Morgan fingerprint density at radius 1 is 1.19 bits per heavy atom. The molecule has 0 aliphatic heterocycles. The molecule has 0 bridgehead atoms. The maximum absolute atomic E-state index is 5.47. The Labute approximate surface area is 130 Å². The molecule has 0 unspecified atom stereocenters. The van der Waals surface area contributed by atoms with Crippen LogP contribution in [0.5, 0.6) is 0 Å². The first-order valence-corrected chi connectivity index (χ1v) is 8.47. The van der Waals surface area contributed by atoms with Gasteiger partial charge in [-0.2, -0.15) is 4.98 Å². The summed E-state index contributed by atoms with van der Waals surface area (Å²) in [4.78, 5) is 5.68. The van der Waals surface area contributed by atoms with Crippen molar-refractivity contribution in [2.24, 2.45) is 5.73 Å². The van der Waals surface area contributed by atoms with Crippen molar-refractivity contribution in [3.8, 4) is 0 Å². The summed E-state index contributed by atoms with van der Waals surface area (Å²) >= 11 is 1.74. The van der Waals surface area contributed by atoms with Crippen LogP contribution in [0.15, 0.2) is 33.7 Å². The van der Waals surface area contributed by atoms with Gasteiger partial charge in [0.15, 0.2) is 5.82 Å². The molecular formula is C16H23N3OS. The van der Waals surface area contributed by atoms with E-state index in [0.717, 1.165) is 43.3 Å². The molecule has 0 fully saturated rings. The zero-order valence-corrected chi connectivity index (χ0v) is 13.4. The number of thioether (sulfide) groups is 1. The lowest BCUT2D eigenvalue weighted by Gasteiger charge is -1.99. The zero-order valence-electron chi connectivity index (χ0n) is 12.5. The summed E-state index contributed by atoms with van der Waals surface area (Å²) in [5.41, 5.74) is 6.74. The number of hydrogen-bond donors (Lipinski definition) is 1. The first-order chi connectivity index (χ1) is 10.3. The Morgan fingerprint density at radius 3 is 2.86 bits per heavy atom. The van der Waals surface area contributed by atoms with Gasteiger partial charge in [-0.15, -0.1) is 11.8 Å². The van der Waals surface area contributed by atoms with E-state index in [9.17, 15) is 0 Å². The topological polar surface area (TPSA) is 64.9 Å². The van der Waals surface area contributed by atoms with Crippen molar-refractivity contribution in [2.45, 2.75) is 49.7 Å². The molecule has 4 nitrogen and oxygen atoms in total. The van der Waals surface area contributed by atoms with E-state index in [1.165, 1.54) is 23.3 Å². The molecule has 5 heteroatoms. The van der Waals surface area contributed by atoms with Gasteiger partial charge in [-0.1, -0.05) is 35.7 Å². The van der Waals surface area contributed by atoms with E-state index in [-0.39, 0.29) is 0 Å².